The van der Waals surface area contributed by atoms with E-state index in [-0.39, 0.29) is 0 Å². The Kier molecular flexibility index (Phi) is 3.83. The van der Waals surface area contributed by atoms with Crippen molar-refractivity contribution in [2.75, 3.05) is 11.9 Å². The molecule has 1 aliphatic heterocycles. The van der Waals surface area contributed by atoms with E-state index >= 15 is 0 Å². The quantitative estimate of drug-likeness (QED) is 0.235. The summed E-state index contributed by atoms with van der Waals surface area (Å²) in [4.78, 5) is 2.38. The van der Waals surface area contributed by atoms with Crippen LogP contribution in [0.1, 0.15) is 5.56 Å². The standard InChI is InChI=1S/C32H22N2S/c1-33-19-20-8-2-3-9-22(20)31-28(33)16-15-25-23-10-4-6-12-27(23)34(32(25)31)21-14-17-30-26(18-21)24-11-5-7-13-29(24)35-30/h2-18H,19H2,1H3. The minimum absolute atomic E-state index is 0.932. The molecule has 0 aliphatic carbocycles. The summed E-state index contributed by atoms with van der Waals surface area (Å²) in [6.45, 7) is 0.932. The highest BCUT2D eigenvalue weighted by atomic mass is 32.1. The molecule has 0 atom stereocenters. The molecule has 166 valence electrons. The summed E-state index contributed by atoms with van der Waals surface area (Å²) in [7, 11) is 2.21. The largest absolute Gasteiger partial charge is 0.370 e. The van der Waals surface area contributed by atoms with Crippen molar-refractivity contribution in [3.05, 3.63) is 109 Å². The van der Waals surface area contributed by atoms with Gasteiger partial charge in [0.1, 0.15) is 0 Å². The summed E-state index contributed by atoms with van der Waals surface area (Å²) in [5, 5.41) is 5.27. The maximum Gasteiger partial charge on any atom is 0.0640 e. The smallest absolute Gasteiger partial charge is 0.0640 e. The van der Waals surface area contributed by atoms with Gasteiger partial charge in [-0.05, 0) is 47.5 Å². The van der Waals surface area contributed by atoms with E-state index in [1.807, 2.05) is 11.3 Å². The van der Waals surface area contributed by atoms with Gasteiger partial charge in [0.25, 0.3) is 0 Å². The highest BCUT2D eigenvalue weighted by molar-refractivity contribution is 7.25. The first kappa shape index (κ1) is 19.2. The van der Waals surface area contributed by atoms with Crippen LogP contribution in [-0.2, 0) is 6.54 Å². The Morgan fingerprint density at radius 1 is 0.657 bits per heavy atom. The van der Waals surface area contributed by atoms with Gasteiger partial charge in [-0.25, -0.2) is 0 Å². The number of para-hydroxylation sites is 1. The van der Waals surface area contributed by atoms with E-state index in [1.165, 1.54) is 70.0 Å². The number of aromatic nitrogens is 1. The van der Waals surface area contributed by atoms with Crippen molar-refractivity contribution in [2.45, 2.75) is 6.54 Å². The minimum atomic E-state index is 0.932. The molecular formula is C32H22N2S. The number of fused-ring (bicyclic) bond motifs is 10. The van der Waals surface area contributed by atoms with E-state index in [0.29, 0.717) is 0 Å². The molecule has 35 heavy (non-hydrogen) atoms. The molecule has 0 spiro atoms. The lowest BCUT2D eigenvalue weighted by Gasteiger charge is -2.30. The first-order chi connectivity index (χ1) is 17.3. The van der Waals surface area contributed by atoms with Crippen molar-refractivity contribution in [1.29, 1.82) is 0 Å². The van der Waals surface area contributed by atoms with Crippen molar-refractivity contribution in [3.63, 3.8) is 0 Å². The van der Waals surface area contributed by atoms with Gasteiger partial charge in [0, 0.05) is 61.5 Å². The van der Waals surface area contributed by atoms with Crippen LogP contribution >= 0.6 is 11.3 Å². The molecule has 8 rings (SSSR count). The Balaban J connectivity index is 1.55. The van der Waals surface area contributed by atoms with E-state index in [0.717, 1.165) is 6.54 Å². The Hall–Kier alpha value is -4.08. The third-order valence-corrected chi connectivity index (χ3v) is 8.69. The molecule has 3 heteroatoms. The Labute approximate surface area is 207 Å². The van der Waals surface area contributed by atoms with E-state index in [4.69, 9.17) is 0 Å². The van der Waals surface area contributed by atoms with Gasteiger partial charge in [-0.2, -0.15) is 0 Å². The number of benzene rings is 5. The third kappa shape index (κ3) is 2.59. The lowest BCUT2D eigenvalue weighted by atomic mass is 9.91. The zero-order valence-corrected chi connectivity index (χ0v) is 20.1. The van der Waals surface area contributed by atoms with Gasteiger partial charge in [0.2, 0.25) is 0 Å². The third-order valence-electron chi connectivity index (χ3n) is 7.54. The molecule has 3 heterocycles. The van der Waals surface area contributed by atoms with Crippen LogP contribution in [0.3, 0.4) is 0 Å². The molecule has 0 amide bonds. The number of thiophene rings is 1. The first-order valence-corrected chi connectivity index (χ1v) is 12.9. The summed E-state index contributed by atoms with van der Waals surface area (Å²) in [5.41, 5.74) is 9.11. The topological polar surface area (TPSA) is 8.17 Å². The van der Waals surface area contributed by atoms with Gasteiger partial charge < -0.3 is 9.47 Å². The average molecular weight is 467 g/mol. The number of nitrogens with zero attached hydrogens (tertiary/aromatic N) is 2. The van der Waals surface area contributed by atoms with Crippen molar-refractivity contribution < 1.29 is 0 Å². The molecule has 7 aromatic rings. The molecule has 0 bridgehead atoms. The number of rotatable bonds is 1. The van der Waals surface area contributed by atoms with Gasteiger partial charge in [-0.15, -0.1) is 11.3 Å². The summed E-state index contributed by atoms with van der Waals surface area (Å²) in [6.07, 6.45) is 0. The molecule has 0 radical (unpaired) electrons. The lowest BCUT2D eigenvalue weighted by Crippen LogP contribution is -2.21. The molecule has 0 unspecified atom stereocenters. The van der Waals surface area contributed by atoms with Gasteiger partial charge >= 0.3 is 0 Å². The second-order valence-electron chi connectivity index (χ2n) is 9.50. The fourth-order valence-electron chi connectivity index (χ4n) is 5.99. The minimum Gasteiger partial charge on any atom is -0.370 e. The van der Waals surface area contributed by atoms with Crippen molar-refractivity contribution in [1.82, 2.24) is 4.57 Å². The summed E-state index contributed by atoms with van der Waals surface area (Å²) < 4.78 is 5.17. The summed E-state index contributed by atoms with van der Waals surface area (Å²) in [5.74, 6) is 0. The predicted octanol–water partition coefficient (Wildman–Crippen LogP) is 8.77. The molecule has 2 nitrogen and oxygen atoms in total. The zero-order chi connectivity index (χ0) is 23.1. The van der Waals surface area contributed by atoms with Crippen LogP contribution in [0, 0.1) is 0 Å². The van der Waals surface area contributed by atoms with Gasteiger partial charge in [0.05, 0.1) is 11.0 Å². The normalized spacial score (nSPS) is 13.1. The van der Waals surface area contributed by atoms with Crippen LogP contribution < -0.4 is 4.90 Å². The summed E-state index contributed by atoms with van der Waals surface area (Å²) >= 11 is 1.87. The lowest BCUT2D eigenvalue weighted by molar-refractivity contribution is 0.911. The highest BCUT2D eigenvalue weighted by Crippen LogP contribution is 2.47. The van der Waals surface area contributed by atoms with Gasteiger partial charge in [-0.3, -0.25) is 0 Å². The molecule has 0 saturated heterocycles. The van der Waals surface area contributed by atoms with Crippen LogP contribution in [-0.4, -0.2) is 11.6 Å². The van der Waals surface area contributed by atoms with E-state index < -0.39 is 0 Å². The first-order valence-electron chi connectivity index (χ1n) is 12.1. The Bertz CT molecular complexity index is 1960. The monoisotopic (exact) mass is 466 g/mol. The molecule has 1 aliphatic rings. The molecule has 2 aromatic heterocycles. The molecule has 5 aromatic carbocycles. The number of hydrogen-bond acceptors (Lipinski definition) is 2. The van der Waals surface area contributed by atoms with Gasteiger partial charge in [-0.1, -0.05) is 66.7 Å². The SMILES string of the molecule is CN1Cc2ccccc2-c2c1ccc1c3ccccc3n(-c3ccc4sc5ccccc5c4c3)c21. The highest BCUT2D eigenvalue weighted by Gasteiger charge is 2.25. The van der Waals surface area contributed by atoms with Crippen LogP contribution in [0.25, 0.3) is 58.8 Å². The second kappa shape index (κ2) is 6.97. The van der Waals surface area contributed by atoms with Crippen molar-refractivity contribution >= 4 is 59.0 Å². The van der Waals surface area contributed by atoms with E-state index in [2.05, 4.69) is 120 Å². The molecule has 0 saturated carbocycles. The Morgan fingerprint density at radius 2 is 1.43 bits per heavy atom. The molecule has 0 fully saturated rings. The van der Waals surface area contributed by atoms with Crippen LogP contribution in [0.2, 0.25) is 0 Å². The zero-order valence-electron chi connectivity index (χ0n) is 19.3. The predicted molar refractivity (Wildman–Crippen MR) is 151 cm³/mol. The summed E-state index contributed by atoms with van der Waals surface area (Å²) in [6, 6.07) is 38.1. The van der Waals surface area contributed by atoms with Crippen LogP contribution in [0.15, 0.2) is 103 Å². The van der Waals surface area contributed by atoms with Crippen LogP contribution in [0.5, 0.6) is 0 Å². The van der Waals surface area contributed by atoms with E-state index in [9.17, 15) is 0 Å². The fraction of sp³-hybridized carbons (Fsp3) is 0.0625. The van der Waals surface area contributed by atoms with Crippen LogP contribution in [0.4, 0.5) is 5.69 Å². The second-order valence-corrected chi connectivity index (χ2v) is 10.6. The number of anilines is 1. The van der Waals surface area contributed by atoms with Crippen molar-refractivity contribution in [2.24, 2.45) is 0 Å². The van der Waals surface area contributed by atoms with Crippen molar-refractivity contribution in [3.8, 4) is 16.8 Å². The average Bonchev–Trinajstić information content (AvgIpc) is 3.44. The maximum absolute atomic E-state index is 2.49. The molecule has 0 N–H and O–H groups in total. The maximum atomic E-state index is 2.49. The van der Waals surface area contributed by atoms with E-state index in [1.54, 1.807) is 0 Å². The molecular weight excluding hydrogens is 444 g/mol. The number of hydrogen-bond donors (Lipinski definition) is 0. The Morgan fingerprint density at radius 3 is 2.37 bits per heavy atom. The fourth-order valence-corrected chi connectivity index (χ4v) is 7.08. The van der Waals surface area contributed by atoms with Gasteiger partial charge in [0.15, 0.2) is 0 Å².